The fourth-order valence-electron chi connectivity index (χ4n) is 0.787. The number of hydrogen-bond acceptors (Lipinski definition) is 4. The SMILES string of the molecule is CC(C)N1N=CC(O)(O)C1=O. The number of rotatable bonds is 1. The van der Waals surface area contributed by atoms with Crippen LogP contribution in [0, 0.1) is 0 Å². The smallest absolute Gasteiger partial charge is 0.308 e. The molecular weight excluding hydrogens is 148 g/mol. The maximum absolute atomic E-state index is 11.0. The van der Waals surface area contributed by atoms with Gasteiger partial charge in [-0.2, -0.15) is 5.10 Å². The van der Waals surface area contributed by atoms with E-state index < -0.39 is 11.7 Å². The van der Waals surface area contributed by atoms with Gasteiger partial charge in [-0.25, -0.2) is 5.01 Å². The van der Waals surface area contributed by atoms with E-state index in [0.29, 0.717) is 0 Å². The summed E-state index contributed by atoms with van der Waals surface area (Å²) in [5.41, 5.74) is 0. The minimum Gasteiger partial charge on any atom is -0.354 e. The maximum atomic E-state index is 11.0. The van der Waals surface area contributed by atoms with Crippen molar-refractivity contribution in [3.05, 3.63) is 0 Å². The van der Waals surface area contributed by atoms with Crippen molar-refractivity contribution in [2.75, 3.05) is 0 Å². The van der Waals surface area contributed by atoms with Crippen molar-refractivity contribution in [3.63, 3.8) is 0 Å². The monoisotopic (exact) mass is 158 g/mol. The number of carbonyl (C=O) groups excluding carboxylic acids is 1. The molecule has 1 rings (SSSR count). The van der Waals surface area contributed by atoms with Gasteiger partial charge in [0.2, 0.25) is 0 Å². The van der Waals surface area contributed by atoms with E-state index in [0.717, 1.165) is 11.2 Å². The van der Waals surface area contributed by atoms with Crippen LogP contribution in [-0.4, -0.2) is 39.2 Å². The Bertz CT molecular complexity index is 210. The highest BCUT2D eigenvalue weighted by Crippen LogP contribution is 2.14. The minimum atomic E-state index is -2.40. The Labute approximate surface area is 63.9 Å². The molecule has 0 fully saturated rings. The highest BCUT2D eigenvalue weighted by atomic mass is 16.5. The molecule has 2 N–H and O–H groups in total. The van der Waals surface area contributed by atoms with Crippen LogP contribution in [0.5, 0.6) is 0 Å². The molecule has 1 aliphatic rings. The normalized spacial score (nSPS) is 21.9. The second kappa shape index (κ2) is 2.28. The molecule has 0 saturated carbocycles. The molecule has 0 aromatic rings. The highest BCUT2D eigenvalue weighted by molar-refractivity contribution is 6.03. The van der Waals surface area contributed by atoms with Crippen LogP contribution in [-0.2, 0) is 4.79 Å². The maximum Gasteiger partial charge on any atom is 0.308 e. The van der Waals surface area contributed by atoms with E-state index >= 15 is 0 Å². The molecule has 1 amide bonds. The van der Waals surface area contributed by atoms with E-state index in [9.17, 15) is 4.79 Å². The Morgan fingerprint density at radius 2 is 2.18 bits per heavy atom. The number of amides is 1. The molecule has 0 aromatic heterocycles. The quantitative estimate of drug-likeness (QED) is 0.476. The molecule has 62 valence electrons. The van der Waals surface area contributed by atoms with E-state index in [4.69, 9.17) is 10.2 Å². The first kappa shape index (κ1) is 8.16. The summed E-state index contributed by atoms with van der Waals surface area (Å²) in [6, 6.07) is -0.153. The van der Waals surface area contributed by atoms with E-state index in [1.165, 1.54) is 0 Å². The molecule has 0 aliphatic carbocycles. The molecule has 0 atom stereocenters. The second-order valence-electron chi connectivity index (χ2n) is 2.71. The predicted octanol–water partition coefficient (Wildman–Crippen LogP) is -1.10. The number of nitrogens with zero attached hydrogens (tertiary/aromatic N) is 2. The standard InChI is InChI=1S/C6H10N2O3/c1-4(2)8-5(9)6(10,11)3-7-8/h3-4,10-11H,1-2H3. The van der Waals surface area contributed by atoms with E-state index in [2.05, 4.69) is 5.10 Å². The third kappa shape index (κ3) is 1.24. The lowest BCUT2D eigenvalue weighted by Crippen LogP contribution is -2.44. The zero-order valence-electron chi connectivity index (χ0n) is 6.35. The zero-order valence-corrected chi connectivity index (χ0v) is 6.35. The number of hydrogen-bond donors (Lipinski definition) is 2. The first-order valence-corrected chi connectivity index (χ1v) is 3.28. The Morgan fingerprint density at radius 3 is 2.36 bits per heavy atom. The van der Waals surface area contributed by atoms with Gasteiger partial charge in [0.1, 0.15) is 0 Å². The predicted molar refractivity (Wildman–Crippen MR) is 37.6 cm³/mol. The molecule has 5 nitrogen and oxygen atoms in total. The average molecular weight is 158 g/mol. The van der Waals surface area contributed by atoms with Gasteiger partial charge >= 0.3 is 5.91 Å². The molecule has 0 saturated heterocycles. The zero-order chi connectivity index (χ0) is 8.65. The Kier molecular flexibility index (Phi) is 1.69. The summed E-state index contributed by atoms with van der Waals surface area (Å²) in [6.45, 7) is 3.47. The van der Waals surface area contributed by atoms with Crippen LogP contribution in [0.3, 0.4) is 0 Å². The third-order valence-electron chi connectivity index (χ3n) is 1.37. The molecule has 1 heterocycles. The van der Waals surface area contributed by atoms with Crippen LogP contribution < -0.4 is 0 Å². The van der Waals surface area contributed by atoms with Crippen molar-refractivity contribution in [1.82, 2.24) is 5.01 Å². The minimum absolute atomic E-state index is 0.153. The summed E-state index contributed by atoms with van der Waals surface area (Å²) < 4.78 is 0. The molecule has 0 bridgehead atoms. The summed E-state index contributed by atoms with van der Waals surface area (Å²) in [5.74, 6) is -3.20. The summed E-state index contributed by atoms with van der Waals surface area (Å²) in [5, 5.41) is 22.4. The fraction of sp³-hybridized carbons (Fsp3) is 0.667. The van der Waals surface area contributed by atoms with E-state index in [-0.39, 0.29) is 6.04 Å². The molecule has 0 unspecified atom stereocenters. The van der Waals surface area contributed by atoms with Gasteiger partial charge in [0.15, 0.2) is 0 Å². The fourth-order valence-corrected chi connectivity index (χ4v) is 0.787. The van der Waals surface area contributed by atoms with Crippen molar-refractivity contribution < 1.29 is 15.0 Å². The highest BCUT2D eigenvalue weighted by Gasteiger charge is 2.41. The number of carbonyl (C=O) groups is 1. The molecule has 0 radical (unpaired) electrons. The topological polar surface area (TPSA) is 73.1 Å². The largest absolute Gasteiger partial charge is 0.354 e. The third-order valence-corrected chi connectivity index (χ3v) is 1.37. The van der Waals surface area contributed by atoms with Crippen LogP contribution in [0.2, 0.25) is 0 Å². The summed E-state index contributed by atoms with van der Waals surface area (Å²) in [4.78, 5) is 11.0. The van der Waals surface area contributed by atoms with Gasteiger partial charge in [0.25, 0.3) is 5.79 Å². The van der Waals surface area contributed by atoms with Gasteiger partial charge < -0.3 is 10.2 Å². The second-order valence-corrected chi connectivity index (χ2v) is 2.71. The van der Waals surface area contributed by atoms with Gasteiger partial charge in [-0.15, -0.1) is 0 Å². The van der Waals surface area contributed by atoms with Gasteiger partial charge in [0, 0.05) is 0 Å². The molecule has 1 aliphatic heterocycles. The molecular formula is C6H10N2O3. The molecule has 0 aromatic carbocycles. The summed E-state index contributed by atoms with van der Waals surface area (Å²) in [7, 11) is 0. The molecule has 0 spiro atoms. The lowest BCUT2D eigenvalue weighted by molar-refractivity contribution is -0.168. The van der Waals surface area contributed by atoms with Crippen LogP contribution in [0.25, 0.3) is 0 Å². The van der Waals surface area contributed by atoms with Crippen molar-refractivity contribution in [2.45, 2.75) is 25.7 Å². The van der Waals surface area contributed by atoms with Gasteiger partial charge in [-0.05, 0) is 13.8 Å². The van der Waals surface area contributed by atoms with E-state index in [1.54, 1.807) is 13.8 Å². The first-order valence-electron chi connectivity index (χ1n) is 3.28. The van der Waals surface area contributed by atoms with Gasteiger partial charge in [0.05, 0.1) is 12.3 Å². The molecule has 5 heteroatoms. The average Bonchev–Trinajstić information content (AvgIpc) is 2.09. The van der Waals surface area contributed by atoms with Crippen LogP contribution in [0.4, 0.5) is 0 Å². The van der Waals surface area contributed by atoms with Crippen LogP contribution in [0.1, 0.15) is 13.8 Å². The van der Waals surface area contributed by atoms with Gasteiger partial charge in [-0.1, -0.05) is 0 Å². The van der Waals surface area contributed by atoms with Crippen molar-refractivity contribution in [2.24, 2.45) is 5.10 Å². The Morgan fingerprint density at radius 1 is 1.64 bits per heavy atom. The summed E-state index contributed by atoms with van der Waals surface area (Å²) >= 11 is 0. The summed E-state index contributed by atoms with van der Waals surface area (Å²) in [6.07, 6.45) is 0.815. The lowest BCUT2D eigenvalue weighted by atomic mass is 10.3. The lowest BCUT2D eigenvalue weighted by Gasteiger charge is -2.18. The van der Waals surface area contributed by atoms with E-state index in [1.807, 2.05) is 0 Å². The number of hydrazone groups is 1. The van der Waals surface area contributed by atoms with Gasteiger partial charge in [-0.3, -0.25) is 4.79 Å². The number of aliphatic hydroxyl groups is 2. The van der Waals surface area contributed by atoms with Crippen molar-refractivity contribution >= 4 is 12.1 Å². The Hall–Kier alpha value is -0.940. The van der Waals surface area contributed by atoms with Crippen LogP contribution >= 0.6 is 0 Å². The van der Waals surface area contributed by atoms with Crippen molar-refractivity contribution in [1.29, 1.82) is 0 Å². The van der Waals surface area contributed by atoms with Crippen LogP contribution in [0.15, 0.2) is 5.10 Å². The first-order chi connectivity index (χ1) is 4.95. The Balaban J connectivity index is 2.81. The molecule has 11 heavy (non-hydrogen) atoms. The van der Waals surface area contributed by atoms with Crippen molar-refractivity contribution in [3.8, 4) is 0 Å².